The molecule has 7 nitrogen and oxygen atoms in total. The fourth-order valence-electron chi connectivity index (χ4n) is 4.49. The van der Waals surface area contributed by atoms with E-state index in [1.165, 1.54) is 24.3 Å². The van der Waals surface area contributed by atoms with Crippen LogP contribution in [0.15, 0.2) is 59.4 Å². The second-order valence-corrected chi connectivity index (χ2v) is 10.7. The molecule has 0 aliphatic heterocycles. The zero-order valence-corrected chi connectivity index (χ0v) is 21.5. The molecule has 1 heterocycles. The van der Waals surface area contributed by atoms with Crippen molar-refractivity contribution in [3.8, 4) is 16.9 Å². The van der Waals surface area contributed by atoms with Gasteiger partial charge in [-0.3, -0.25) is 14.4 Å². The summed E-state index contributed by atoms with van der Waals surface area (Å²) in [6.45, 7) is 5.30. The molecule has 4 rings (SSSR count). The van der Waals surface area contributed by atoms with Gasteiger partial charge in [-0.05, 0) is 75.9 Å². The molecule has 9 heteroatoms. The lowest BCUT2D eigenvalue weighted by molar-refractivity contribution is -0.160. The summed E-state index contributed by atoms with van der Waals surface area (Å²) in [5.41, 5.74) is -0.410. The van der Waals surface area contributed by atoms with Gasteiger partial charge in [-0.25, -0.2) is 4.39 Å². The number of carbonyl (C=O) groups excluding carboxylic acids is 2. The lowest BCUT2D eigenvalue weighted by Gasteiger charge is -2.22. The van der Waals surface area contributed by atoms with Gasteiger partial charge in [0.25, 0.3) is 5.56 Å². The van der Waals surface area contributed by atoms with Crippen LogP contribution in [0.1, 0.15) is 50.4 Å². The number of aliphatic hydroxyl groups excluding tert-OH is 1. The number of Topliss-reactive ketones (excluding diaryl/α,β-unsaturated/α-hetero) is 1. The number of hydrogen-bond acceptors (Lipinski definition) is 6. The quantitative estimate of drug-likeness (QED) is 0.359. The Morgan fingerprint density at radius 2 is 1.84 bits per heavy atom. The van der Waals surface area contributed by atoms with E-state index < -0.39 is 46.7 Å². The topological polar surface area (TPSA) is 98.5 Å². The molecule has 0 saturated heterocycles. The number of halogens is 2. The van der Waals surface area contributed by atoms with E-state index in [4.69, 9.17) is 16.3 Å². The van der Waals surface area contributed by atoms with Gasteiger partial charge in [-0.15, -0.1) is 0 Å². The number of esters is 1. The zero-order valence-electron chi connectivity index (χ0n) is 20.8. The molecule has 0 radical (unpaired) electrons. The number of ketones is 1. The third-order valence-corrected chi connectivity index (χ3v) is 6.50. The number of ether oxygens (including phenoxy) is 1. The van der Waals surface area contributed by atoms with Crippen molar-refractivity contribution in [2.24, 2.45) is 11.8 Å². The van der Waals surface area contributed by atoms with E-state index in [2.05, 4.69) is 5.10 Å². The van der Waals surface area contributed by atoms with Gasteiger partial charge in [0.05, 0.1) is 29.0 Å². The Morgan fingerprint density at radius 3 is 2.49 bits per heavy atom. The summed E-state index contributed by atoms with van der Waals surface area (Å²) in [6, 6.07) is 13.5. The molecule has 1 fully saturated rings. The fourth-order valence-corrected chi connectivity index (χ4v) is 4.61. The van der Waals surface area contributed by atoms with E-state index in [0.29, 0.717) is 16.3 Å². The second-order valence-electron chi connectivity index (χ2n) is 10.3. The maximum Gasteiger partial charge on any atom is 0.309 e. The van der Waals surface area contributed by atoms with Crippen molar-refractivity contribution in [1.29, 1.82) is 0 Å². The van der Waals surface area contributed by atoms with E-state index in [1.54, 1.807) is 45.0 Å². The third-order valence-electron chi connectivity index (χ3n) is 6.25. The standard InChI is InChI=1S/C28H28ClFN2O5/c1-28(2,3)37-27(36)18-11-17(24(33)13-18)12-25(34)22-15-23(16-7-9-19(29)10-8-16)31-32(26(22)35)21-6-4-5-20(30)14-21/h4-10,14-15,17-18,24,33H,11-13H2,1-3H3/t17-,18?,24-/m0/s1. The smallest absolute Gasteiger partial charge is 0.309 e. The highest BCUT2D eigenvalue weighted by Gasteiger charge is 2.40. The molecule has 1 aliphatic rings. The van der Waals surface area contributed by atoms with Gasteiger partial charge in [0.1, 0.15) is 11.4 Å². The van der Waals surface area contributed by atoms with Gasteiger partial charge in [-0.1, -0.05) is 29.8 Å². The highest BCUT2D eigenvalue weighted by molar-refractivity contribution is 6.30. The number of benzene rings is 2. The summed E-state index contributed by atoms with van der Waals surface area (Å²) in [7, 11) is 0. The highest BCUT2D eigenvalue weighted by atomic mass is 35.5. The Hall–Kier alpha value is -3.36. The summed E-state index contributed by atoms with van der Waals surface area (Å²) >= 11 is 6.00. The maximum absolute atomic E-state index is 13.9. The van der Waals surface area contributed by atoms with Gasteiger partial charge in [0.2, 0.25) is 0 Å². The molecule has 194 valence electrons. The molecule has 3 atom stereocenters. The molecule has 1 saturated carbocycles. The lowest BCUT2D eigenvalue weighted by atomic mass is 9.94. The minimum Gasteiger partial charge on any atom is -0.460 e. The van der Waals surface area contributed by atoms with Gasteiger partial charge >= 0.3 is 5.97 Å². The minimum absolute atomic E-state index is 0.136. The molecule has 2 aromatic carbocycles. The molecule has 0 amide bonds. The van der Waals surface area contributed by atoms with Crippen molar-refractivity contribution in [3.63, 3.8) is 0 Å². The maximum atomic E-state index is 13.9. The normalized spacial score (nSPS) is 19.6. The monoisotopic (exact) mass is 526 g/mol. The van der Waals surface area contributed by atoms with E-state index in [-0.39, 0.29) is 30.5 Å². The molecule has 0 spiro atoms. The molecule has 1 aliphatic carbocycles. The molecule has 1 aromatic heterocycles. The minimum atomic E-state index is -0.885. The summed E-state index contributed by atoms with van der Waals surface area (Å²) < 4.78 is 20.4. The van der Waals surface area contributed by atoms with Crippen LogP contribution in [0.4, 0.5) is 4.39 Å². The van der Waals surface area contributed by atoms with Gasteiger partial charge in [0, 0.05) is 17.0 Å². The number of aromatic nitrogens is 2. The van der Waals surface area contributed by atoms with Gasteiger partial charge in [0.15, 0.2) is 5.78 Å². The Labute approximate surface area is 218 Å². The Morgan fingerprint density at radius 1 is 1.14 bits per heavy atom. The summed E-state index contributed by atoms with van der Waals surface area (Å²) in [5, 5.41) is 15.5. The van der Waals surface area contributed by atoms with Crippen molar-refractivity contribution in [3.05, 3.63) is 81.4 Å². The largest absolute Gasteiger partial charge is 0.460 e. The Kier molecular flexibility index (Phi) is 7.62. The average Bonchev–Trinajstić information content (AvgIpc) is 3.19. The van der Waals surface area contributed by atoms with Crippen LogP contribution in [0.2, 0.25) is 5.02 Å². The van der Waals surface area contributed by atoms with Crippen LogP contribution in [-0.4, -0.2) is 38.3 Å². The van der Waals surface area contributed by atoms with Crippen LogP contribution in [0.5, 0.6) is 0 Å². The zero-order chi connectivity index (χ0) is 26.9. The molecular weight excluding hydrogens is 499 g/mol. The number of rotatable bonds is 6. The van der Waals surface area contributed by atoms with Crippen molar-refractivity contribution >= 4 is 23.4 Å². The predicted octanol–water partition coefficient (Wildman–Crippen LogP) is 4.99. The van der Waals surface area contributed by atoms with Crippen molar-refractivity contribution in [2.45, 2.75) is 51.7 Å². The van der Waals surface area contributed by atoms with Crippen molar-refractivity contribution in [2.75, 3.05) is 0 Å². The van der Waals surface area contributed by atoms with E-state index in [9.17, 15) is 23.9 Å². The van der Waals surface area contributed by atoms with E-state index in [0.717, 1.165) is 10.7 Å². The number of hydrogen-bond donors (Lipinski definition) is 1. The predicted molar refractivity (Wildman–Crippen MR) is 137 cm³/mol. The summed E-state index contributed by atoms with van der Waals surface area (Å²) in [6.07, 6.45) is -0.561. The SMILES string of the molecule is CC(C)(C)OC(=O)C1C[C@@H](CC(=O)c2cc(-c3ccc(Cl)cc3)nn(-c3cccc(F)c3)c2=O)[C@@H](O)C1. The van der Waals surface area contributed by atoms with Crippen LogP contribution >= 0.6 is 11.6 Å². The van der Waals surface area contributed by atoms with Crippen molar-refractivity contribution < 1.29 is 23.8 Å². The molecule has 1 unspecified atom stereocenters. The average molecular weight is 527 g/mol. The highest BCUT2D eigenvalue weighted by Crippen LogP contribution is 2.36. The summed E-state index contributed by atoms with van der Waals surface area (Å²) in [4.78, 5) is 39.2. The van der Waals surface area contributed by atoms with Crippen LogP contribution in [0, 0.1) is 17.7 Å². The van der Waals surface area contributed by atoms with Crippen LogP contribution < -0.4 is 5.56 Å². The van der Waals surface area contributed by atoms with Gasteiger partial charge < -0.3 is 9.84 Å². The third kappa shape index (κ3) is 6.32. The fraction of sp³-hybridized carbons (Fsp3) is 0.357. The van der Waals surface area contributed by atoms with Crippen LogP contribution in [0.25, 0.3) is 16.9 Å². The first-order valence-corrected chi connectivity index (χ1v) is 12.4. The second kappa shape index (κ2) is 10.6. The molecule has 0 bridgehead atoms. The number of aliphatic hydroxyl groups is 1. The molecular formula is C28H28ClFN2O5. The van der Waals surface area contributed by atoms with Crippen LogP contribution in [0.3, 0.4) is 0 Å². The number of carbonyl (C=O) groups is 2. The first-order valence-electron chi connectivity index (χ1n) is 12.0. The summed E-state index contributed by atoms with van der Waals surface area (Å²) in [5.74, 6) is -2.51. The van der Waals surface area contributed by atoms with E-state index >= 15 is 0 Å². The lowest BCUT2D eigenvalue weighted by Crippen LogP contribution is -2.29. The molecule has 37 heavy (non-hydrogen) atoms. The van der Waals surface area contributed by atoms with Crippen molar-refractivity contribution in [1.82, 2.24) is 9.78 Å². The Balaban J connectivity index is 1.67. The first-order chi connectivity index (χ1) is 17.4. The molecule has 3 aromatic rings. The number of nitrogens with zero attached hydrogens (tertiary/aromatic N) is 2. The molecule has 1 N–H and O–H groups in total. The first kappa shape index (κ1) is 26.7. The van der Waals surface area contributed by atoms with E-state index in [1.807, 2.05) is 0 Å². The van der Waals surface area contributed by atoms with Gasteiger partial charge in [-0.2, -0.15) is 9.78 Å². The van der Waals surface area contributed by atoms with Crippen LogP contribution in [-0.2, 0) is 9.53 Å². The Bertz CT molecular complexity index is 1380.